The van der Waals surface area contributed by atoms with E-state index in [0.29, 0.717) is 44.1 Å². The second-order valence-electron chi connectivity index (χ2n) is 16.5. The van der Waals surface area contributed by atoms with E-state index in [-0.39, 0.29) is 61.0 Å². The van der Waals surface area contributed by atoms with E-state index in [9.17, 15) is 27.7 Å². The van der Waals surface area contributed by atoms with Crippen LogP contribution in [-0.2, 0) is 60.6 Å². The number of nitrogens with zero attached hydrogens (tertiary/aromatic N) is 2. The number of esters is 1. The van der Waals surface area contributed by atoms with Crippen LogP contribution in [0.4, 0.5) is 4.79 Å². The van der Waals surface area contributed by atoms with E-state index >= 15 is 0 Å². The first kappa shape index (κ1) is 50.1. The Hall–Kier alpha value is -4.30. The SMILES string of the molecule is CCOC(=O)[C@@H](C)OP(=O)(COc1ccc(C[C@H](NC(=O)O[C@H]2CO[C@H]3OCCC32)[C@H](O)CN(CC(C)C)S(=O)(=O)c2ccc(OC)cc2)cc1)Oc1cccc(CN2CCOCC2)c1. The predicted octanol–water partition coefficient (Wildman–Crippen LogP) is 5.21. The lowest BCUT2D eigenvalue weighted by Crippen LogP contribution is -2.51. The molecule has 6 rings (SSSR count). The van der Waals surface area contributed by atoms with Gasteiger partial charge in [-0.2, -0.15) is 4.31 Å². The lowest BCUT2D eigenvalue weighted by molar-refractivity contribution is -0.150. The number of amides is 1. The molecular weight excluding hydrogens is 886 g/mol. The molecule has 0 bridgehead atoms. The molecule has 0 aliphatic carbocycles. The first-order valence-corrected chi connectivity index (χ1v) is 25.1. The van der Waals surface area contributed by atoms with E-state index in [1.807, 2.05) is 19.9 Å². The Morgan fingerprint density at radius 3 is 2.35 bits per heavy atom. The molecule has 65 heavy (non-hydrogen) atoms. The third-order valence-electron chi connectivity index (χ3n) is 11.0. The van der Waals surface area contributed by atoms with Crippen LogP contribution in [0.5, 0.6) is 17.2 Å². The monoisotopic (exact) mass is 947 g/mol. The van der Waals surface area contributed by atoms with Crippen LogP contribution in [0.1, 0.15) is 45.2 Å². The van der Waals surface area contributed by atoms with Crippen molar-refractivity contribution in [3.8, 4) is 17.2 Å². The van der Waals surface area contributed by atoms with Crippen molar-refractivity contribution in [3.05, 3.63) is 83.9 Å². The summed E-state index contributed by atoms with van der Waals surface area (Å²) < 4.78 is 94.0. The Kier molecular flexibility index (Phi) is 18.1. The number of sulfonamides is 1. The number of carbonyl (C=O) groups excluding carboxylic acids is 2. The molecule has 18 nitrogen and oxygen atoms in total. The van der Waals surface area contributed by atoms with E-state index in [1.165, 1.54) is 30.5 Å². The van der Waals surface area contributed by atoms with Gasteiger partial charge in [0.15, 0.2) is 12.4 Å². The van der Waals surface area contributed by atoms with Gasteiger partial charge in [0.25, 0.3) is 0 Å². The molecule has 3 aromatic carbocycles. The molecule has 3 saturated heterocycles. The molecule has 3 aliphatic rings. The molecule has 0 radical (unpaired) electrons. The molecule has 0 aromatic heterocycles. The minimum absolute atomic E-state index is 0.0215. The van der Waals surface area contributed by atoms with Gasteiger partial charge >= 0.3 is 19.7 Å². The average molecular weight is 948 g/mol. The summed E-state index contributed by atoms with van der Waals surface area (Å²) in [7, 11) is -6.79. The molecule has 7 atom stereocenters. The van der Waals surface area contributed by atoms with Crippen LogP contribution in [0, 0.1) is 11.8 Å². The maximum atomic E-state index is 14.3. The molecule has 358 valence electrons. The van der Waals surface area contributed by atoms with E-state index < -0.39 is 66.7 Å². The third kappa shape index (κ3) is 14.3. The van der Waals surface area contributed by atoms with Crippen molar-refractivity contribution in [3.63, 3.8) is 0 Å². The summed E-state index contributed by atoms with van der Waals surface area (Å²) in [5.74, 6) is 0.0898. The fourth-order valence-corrected chi connectivity index (χ4v) is 10.8. The topological polar surface area (TPSA) is 207 Å². The van der Waals surface area contributed by atoms with E-state index in [4.69, 9.17) is 42.2 Å². The lowest BCUT2D eigenvalue weighted by atomic mass is 10.0. The highest BCUT2D eigenvalue weighted by Crippen LogP contribution is 2.50. The van der Waals surface area contributed by atoms with Gasteiger partial charge in [0.1, 0.15) is 23.4 Å². The summed E-state index contributed by atoms with van der Waals surface area (Å²) in [5, 5.41) is 14.6. The summed E-state index contributed by atoms with van der Waals surface area (Å²) in [4.78, 5) is 28.3. The van der Waals surface area contributed by atoms with Gasteiger partial charge in [-0.15, -0.1) is 0 Å². The fraction of sp³-hybridized carbons (Fsp3) is 0.556. The maximum absolute atomic E-state index is 14.3. The first-order valence-electron chi connectivity index (χ1n) is 21.9. The van der Waals surface area contributed by atoms with Crippen molar-refractivity contribution in [2.75, 3.05) is 72.7 Å². The Bertz CT molecular complexity index is 2160. The highest BCUT2D eigenvalue weighted by molar-refractivity contribution is 7.89. The van der Waals surface area contributed by atoms with Crippen molar-refractivity contribution in [2.24, 2.45) is 11.8 Å². The van der Waals surface area contributed by atoms with Crippen molar-refractivity contribution in [1.82, 2.24) is 14.5 Å². The first-order chi connectivity index (χ1) is 31.1. The van der Waals surface area contributed by atoms with Crippen LogP contribution in [0.3, 0.4) is 0 Å². The number of methoxy groups -OCH3 is 1. The normalized spacial score (nSPS) is 21.2. The molecule has 2 unspecified atom stereocenters. The molecule has 0 saturated carbocycles. The Morgan fingerprint density at radius 2 is 1.66 bits per heavy atom. The van der Waals surface area contributed by atoms with E-state index in [2.05, 4.69) is 10.2 Å². The zero-order valence-corrected chi connectivity index (χ0v) is 39.3. The molecule has 3 aliphatic heterocycles. The number of nitrogens with one attached hydrogen (secondary N) is 1. The standard InChI is InChI=1S/C45H62N3O15PS/c1-6-57-43(50)32(4)62-64(52,63-37-9-7-8-34(24-37)27-47-19-22-56-23-20-47)30-60-36-12-10-33(11-13-36)25-40(46-45(51)61-42-29-59-44-39(42)18-21-58-44)41(49)28-48(26-31(2)3)65(53,54)38-16-14-35(55-5)15-17-38/h7-17,24,31-32,39-42,44,49H,6,18-23,25-30H2,1-5H3,(H,46,51)/t32-,39?,40+,41-,42+,44-,64?/m1/s1. The Balaban J connectivity index is 1.17. The molecule has 20 heteroatoms. The van der Waals surface area contributed by atoms with Crippen LogP contribution < -0.4 is 19.3 Å². The number of fused-ring (bicyclic) bond motifs is 1. The van der Waals surface area contributed by atoms with Gasteiger partial charge < -0.3 is 48.1 Å². The number of aliphatic hydroxyl groups excluding tert-OH is 1. The number of aliphatic hydroxyl groups is 1. The summed E-state index contributed by atoms with van der Waals surface area (Å²) >= 11 is 0. The number of carbonyl (C=O) groups is 2. The van der Waals surface area contributed by atoms with Gasteiger partial charge in [-0.1, -0.05) is 38.1 Å². The molecular formula is C45H62N3O15PS. The summed E-state index contributed by atoms with van der Waals surface area (Å²) in [6, 6.07) is 18.7. The molecule has 1 amide bonds. The fourth-order valence-electron chi connectivity index (χ4n) is 7.69. The molecule has 3 fully saturated rings. The second-order valence-corrected chi connectivity index (χ2v) is 20.3. The minimum Gasteiger partial charge on any atom is -0.497 e. The number of hydrogen-bond donors (Lipinski definition) is 2. The van der Waals surface area contributed by atoms with Crippen LogP contribution in [0.25, 0.3) is 0 Å². The number of alkyl carbamates (subject to hydrolysis) is 1. The van der Waals surface area contributed by atoms with Gasteiger partial charge in [0.2, 0.25) is 16.4 Å². The summed E-state index contributed by atoms with van der Waals surface area (Å²) in [6.07, 6.45) is -4.30. The summed E-state index contributed by atoms with van der Waals surface area (Å²) in [6.45, 7) is 10.8. The van der Waals surface area contributed by atoms with Crippen molar-refractivity contribution in [1.29, 1.82) is 0 Å². The number of morpholine rings is 1. The molecule has 3 heterocycles. The summed E-state index contributed by atoms with van der Waals surface area (Å²) in [5.41, 5.74) is 1.56. The van der Waals surface area contributed by atoms with Gasteiger partial charge in [-0.05, 0) is 92.3 Å². The van der Waals surface area contributed by atoms with Gasteiger partial charge in [-0.3, -0.25) is 9.42 Å². The zero-order chi connectivity index (χ0) is 46.6. The van der Waals surface area contributed by atoms with Crippen molar-refractivity contribution in [2.45, 2.75) is 82.6 Å². The molecule has 0 spiro atoms. The average Bonchev–Trinajstić information content (AvgIpc) is 3.91. The van der Waals surface area contributed by atoms with Gasteiger partial charge in [0, 0.05) is 32.7 Å². The number of rotatable bonds is 23. The second kappa shape index (κ2) is 23.4. The quantitative estimate of drug-likeness (QED) is 0.0924. The van der Waals surface area contributed by atoms with E-state index in [0.717, 1.165) is 18.7 Å². The highest BCUT2D eigenvalue weighted by atomic mass is 32.2. The van der Waals surface area contributed by atoms with Crippen LogP contribution in [0.15, 0.2) is 77.7 Å². The smallest absolute Gasteiger partial charge is 0.417 e. The molecule has 2 N–H and O–H groups in total. The Morgan fingerprint density at radius 1 is 0.938 bits per heavy atom. The van der Waals surface area contributed by atoms with Gasteiger partial charge in [0.05, 0.1) is 63.1 Å². The van der Waals surface area contributed by atoms with E-state index in [1.54, 1.807) is 61.5 Å². The van der Waals surface area contributed by atoms with Crippen LogP contribution >= 0.6 is 7.60 Å². The van der Waals surface area contributed by atoms with Gasteiger partial charge in [-0.25, -0.2) is 22.6 Å². The number of ether oxygens (including phenoxy) is 7. The predicted molar refractivity (Wildman–Crippen MR) is 237 cm³/mol. The van der Waals surface area contributed by atoms with Crippen molar-refractivity contribution >= 4 is 29.7 Å². The maximum Gasteiger partial charge on any atom is 0.417 e. The number of hydrogen-bond acceptors (Lipinski definition) is 16. The molecule has 3 aromatic rings. The van der Waals surface area contributed by atoms with Crippen molar-refractivity contribution < 1.29 is 69.9 Å². The largest absolute Gasteiger partial charge is 0.497 e. The lowest BCUT2D eigenvalue weighted by Gasteiger charge is -2.31. The highest BCUT2D eigenvalue weighted by Gasteiger charge is 2.44. The van der Waals surface area contributed by atoms with Crippen LogP contribution in [-0.4, -0.2) is 138 Å². The third-order valence-corrected chi connectivity index (χ3v) is 14.4. The minimum atomic E-state index is -4.18. The number of benzene rings is 3. The van der Waals surface area contributed by atoms with Crippen LogP contribution in [0.2, 0.25) is 0 Å². The Labute approximate surface area is 381 Å². The zero-order valence-electron chi connectivity index (χ0n) is 37.6.